The lowest BCUT2D eigenvalue weighted by molar-refractivity contribution is -0.588. The molecule has 1 rings (SSSR count). The first-order chi connectivity index (χ1) is 7.34. The second-order valence-corrected chi connectivity index (χ2v) is 3.89. The molecule has 1 fully saturated rings. The Morgan fingerprint density at radius 1 is 1.50 bits per heavy atom. The van der Waals surface area contributed by atoms with Crippen LogP contribution in [0.2, 0.25) is 0 Å². The fourth-order valence-corrected chi connectivity index (χ4v) is 1.09. The van der Waals surface area contributed by atoms with Gasteiger partial charge >= 0.3 is 6.21 Å². The highest BCUT2D eigenvalue weighted by atomic mass is 16.7. The second kappa shape index (κ2) is 4.09. The molecule has 88 valence electrons. The Bertz CT molecular complexity index is 366. The lowest BCUT2D eigenvalue weighted by Crippen LogP contribution is -2.57. The highest BCUT2D eigenvalue weighted by Gasteiger charge is 2.51. The number of Topliss-reactive ketones (excluding diaryl/α,β-unsaturated/α-hetero) is 1. The van der Waals surface area contributed by atoms with E-state index in [-0.39, 0.29) is 13.2 Å². The lowest BCUT2D eigenvalue weighted by atomic mass is 10.0. The summed E-state index contributed by atoms with van der Waals surface area (Å²) in [4.78, 5) is 24.1. The van der Waals surface area contributed by atoms with E-state index in [9.17, 15) is 14.9 Å². The molecule has 0 bridgehead atoms. The van der Waals surface area contributed by atoms with Gasteiger partial charge in [0.1, 0.15) is 13.2 Å². The number of hydrogen-bond acceptors (Lipinski definition) is 5. The summed E-state index contributed by atoms with van der Waals surface area (Å²) in [6.07, 6.45) is 0.634. The maximum Gasteiger partial charge on any atom is 0.328 e. The number of nitrogens with zero attached hydrogens (tertiary/aromatic N) is 3. The zero-order valence-corrected chi connectivity index (χ0v) is 8.87. The Balaban J connectivity index is 2.77. The SMILES string of the molecule is CC1(C(=O)C=[N+]=[N-])OCC(C)([N+](=O)[O-])CO1. The standard InChI is InChI=1S/C8H11N3O5/c1-7(11(13)14)4-15-8(2,16-5-7)6(12)3-10-9/h3H,4-5H2,1-2H3. The zero-order valence-electron chi connectivity index (χ0n) is 8.87. The fourth-order valence-electron chi connectivity index (χ4n) is 1.09. The smallest absolute Gasteiger partial charge is 0.328 e. The summed E-state index contributed by atoms with van der Waals surface area (Å²) in [5.74, 6) is -2.33. The Labute approximate surface area is 90.9 Å². The van der Waals surface area contributed by atoms with E-state index in [1.165, 1.54) is 13.8 Å². The second-order valence-electron chi connectivity index (χ2n) is 3.89. The van der Waals surface area contributed by atoms with Gasteiger partial charge in [-0.15, -0.1) is 0 Å². The van der Waals surface area contributed by atoms with Gasteiger partial charge in [0.05, 0.1) is 0 Å². The maximum atomic E-state index is 11.4. The molecule has 8 nitrogen and oxygen atoms in total. The van der Waals surface area contributed by atoms with Crippen LogP contribution in [0.3, 0.4) is 0 Å². The number of ether oxygens (including phenoxy) is 2. The average Bonchev–Trinajstić information content (AvgIpc) is 2.23. The van der Waals surface area contributed by atoms with E-state index in [0.717, 1.165) is 0 Å². The fraction of sp³-hybridized carbons (Fsp3) is 0.750. The number of nitro groups is 1. The van der Waals surface area contributed by atoms with Crippen molar-refractivity contribution in [3.63, 3.8) is 0 Å². The minimum Gasteiger partial charge on any atom is -0.361 e. The van der Waals surface area contributed by atoms with Gasteiger partial charge in [0.15, 0.2) is 0 Å². The van der Waals surface area contributed by atoms with Gasteiger partial charge in [-0.1, -0.05) is 0 Å². The molecule has 0 atom stereocenters. The van der Waals surface area contributed by atoms with E-state index in [1.807, 2.05) is 0 Å². The third kappa shape index (κ3) is 2.13. The monoisotopic (exact) mass is 229 g/mol. The molecule has 8 heteroatoms. The van der Waals surface area contributed by atoms with Gasteiger partial charge in [-0.05, 0) is 6.92 Å². The van der Waals surface area contributed by atoms with Gasteiger partial charge in [-0.25, -0.2) is 0 Å². The quantitative estimate of drug-likeness (QED) is 0.216. The van der Waals surface area contributed by atoms with Crippen LogP contribution < -0.4 is 0 Å². The Morgan fingerprint density at radius 2 is 2.00 bits per heavy atom. The first-order valence-corrected chi connectivity index (χ1v) is 4.48. The van der Waals surface area contributed by atoms with Crippen molar-refractivity contribution in [3.8, 4) is 0 Å². The molecule has 0 radical (unpaired) electrons. The molecule has 0 spiro atoms. The van der Waals surface area contributed by atoms with Crippen LogP contribution in [-0.2, 0) is 14.3 Å². The first kappa shape index (κ1) is 12.4. The highest BCUT2D eigenvalue weighted by molar-refractivity contribution is 6.28. The molecule has 0 amide bonds. The summed E-state index contributed by atoms with van der Waals surface area (Å²) in [6, 6.07) is 0. The number of carbonyl (C=O) groups is 1. The van der Waals surface area contributed by atoms with Crippen molar-refractivity contribution in [1.82, 2.24) is 0 Å². The van der Waals surface area contributed by atoms with Gasteiger partial charge in [0.2, 0.25) is 5.79 Å². The van der Waals surface area contributed by atoms with E-state index in [2.05, 4.69) is 4.79 Å². The van der Waals surface area contributed by atoms with Crippen molar-refractivity contribution < 1.29 is 24.0 Å². The third-order valence-corrected chi connectivity index (χ3v) is 2.38. The predicted molar refractivity (Wildman–Crippen MR) is 50.4 cm³/mol. The van der Waals surface area contributed by atoms with E-state index < -0.39 is 22.0 Å². The first-order valence-electron chi connectivity index (χ1n) is 4.48. The largest absolute Gasteiger partial charge is 0.361 e. The minimum absolute atomic E-state index is 0.249. The summed E-state index contributed by atoms with van der Waals surface area (Å²) < 4.78 is 10.1. The molecule has 0 aliphatic carbocycles. The van der Waals surface area contributed by atoms with Crippen LogP contribution in [0.1, 0.15) is 13.8 Å². The van der Waals surface area contributed by atoms with Crippen molar-refractivity contribution in [2.45, 2.75) is 25.2 Å². The molecule has 1 saturated heterocycles. The van der Waals surface area contributed by atoms with Crippen LogP contribution in [-0.4, -0.2) is 46.3 Å². The topological polar surface area (TPSA) is 115 Å². The molecule has 0 aromatic heterocycles. The van der Waals surface area contributed by atoms with Gasteiger partial charge in [0.25, 0.3) is 11.3 Å². The normalized spacial score (nSPS) is 33.9. The Hall–Kier alpha value is -1.63. The van der Waals surface area contributed by atoms with Crippen LogP contribution in [0, 0.1) is 10.1 Å². The van der Waals surface area contributed by atoms with Crippen molar-refractivity contribution in [1.29, 1.82) is 0 Å². The van der Waals surface area contributed by atoms with E-state index >= 15 is 0 Å². The van der Waals surface area contributed by atoms with Crippen LogP contribution in [0.5, 0.6) is 0 Å². The number of ketones is 1. The lowest BCUT2D eigenvalue weighted by Gasteiger charge is -2.35. The molecule has 0 saturated carbocycles. The van der Waals surface area contributed by atoms with Gasteiger partial charge in [0, 0.05) is 11.8 Å². The number of carbonyl (C=O) groups excluding carboxylic acids is 1. The number of rotatable bonds is 3. The molecule has 0 aromatic carbocycles. The summed E-state index contributed by atoms with van der Waals surface area (Å²) in [6.45, 7) is 2.18. The number of hydrogen-bond donors (Lipinski definition) is 0. The summed E-state index contributed by atoms with van der Waals surface area (Å²) >= 11 is 0. The van der Waals surface area contributed by atoms with Crippen LogP contribution >= 0.6 is 0 Å². The summed E-state index contributed by atoms with van der Waals surface area (Å²) in [5, 5.41) is 10.7. The van der Waals surface area contributed by atoms with Crippen LogP contribution in [0.15, 0.2) is 0 Å². The Morgan fingerprint density at radius 3 is 2.38 bits per heavy atom. The Kier molecular flexibility index (Phi) is 3.18. The van der Waals surface area contributed by atoms with Gasteiger partial charge < -0.3 is 15.0 Å². The molecule has 0 unspecified atom stereocenters. The molecule has 1 aliphatic rings. The van der Waals surface area contributed by atoms with Gasteiger partial charge in [-0.2, -0.15) is 4.79 Å². The molecular weight excluding hydrogens is 218 g/mol. The van der Waals surface area contributed by atoms with Crippen molar-refractivity contribution >= 4 is 12.0 Å². The molecule has 0 N–H and O–H groups in total. The van der Waals surface area contributed by atoms with Crippen LogP contribution in [0.4, 0.5) is 0 Å². The van der Waals surface area contributed by atoms with E-state index in [0.29, 0.717) is 6.21 Å². The summed E-state index contributed by atoms with van der Waals surface area (Å²) in [5.41, 5.74) is 6.84. The highest BCUT2D eigenvalue weighted by Crippen LogP contribution is 2.25. The molecule has 1 aliphatic heterocycles. The average molecular weight is 229 g/mol. The third-order valence-electron chi connectivity index (χ3n) is 2.38. The van der Waals surface area contributed by atoms with Crippen molar-refractivity contribution in [2.24, 2.45) is 0 Å². The molecule has 16 heavy (non-hydrogen) atoms. The molecule has 0 aromatic rings. The predicted octanol–water partition coefficient (Wildman–Crippen LogP) is -0.345. The van der Waals surface area contributed by atoms with Crippen molar-refractivity contribution in [3.05, 3.63) is 15.6 Å². The summed E-state index contributed by atoms with van der Waals surface area (Å²) in [7, 11) is 0. The van der Waals surface area contributed by atoms with E-state index in [4.69, 9.17) is 15.0 Å². The minimum atomic E-state index is -1.62. The van der Waals surface area contributed by atoms with Gasteiger partial charge in [-0.3, -0.25) is 14.9 Å². The van der Waals surface area contributed by atoms with Crippen molar-refractivity contribution in [2.75, 3.05) is 13.2 Å². The molecule has 1 heterocycles. The van der Waals surface area contributed by atoms with Crippen LogP contribution in [0.25, 0.3) is 5.53 Å². The van der Waals surface area contributed by atoms with E-state index in [1.54, 1.807) is 0 Å². The molecular formula is C8H11N3O5. The zero-order chi connectivity index (χ0) is 12.4. The maximum absolute atomic E-state index is 11.4.